The maximum Gasteiger partial charge on any atom is 0.0755 e. The molecule has 1 aromatic rings. The lowest BCUT2D eigenvalue weighted by Gasteiger charge is -2.23. The monoisotopic (exact) mass is 206 g/mol. The van der Waals surface area contributed by atoms with Crippen molar-refractivity contribution in [1.82, 2.24) is 14.9 Å². The van der Waals surface area contributed by atoms with Crippen molar-refractivity contribution < 1.29 is 0 Å². The highest BCUT2D eigenvalue weighted by Gasteiger charge is 2.26. The molecule has 1 aliphatic rings. The molecule has 15 heavy (non-hydrogen) atoms. The number of aromatic nitrogens is 2. The average molecular weight is 206 g/mol. The van der Waals surface area contributed by atoms with Crippen LogP contribution in [0.25, 0.3) is 0 Å². The number of nitrogens with two attached hydrogens (primary N) is 1. The van der Waals surface area contributed by atoms with Crippen LogP contribution in [0.4, 0.5) is 0 Å². The van der Waals surface area contributed by atoms with Gasteiger partial charge in [0, 0.05) is 25.1 Å². The van der Waals surface area contributed by atoms with E-state index in [4.69, 9.17) is 5.73 Å². The molecule has 0 amide bonds. The minimum absolute atomic E-state index is 0.357. The summed E-state index contributed by atoms with van der Waals surface area (Å²) in [7, 11) is 0. The van der Waals surface area contributed by atoms with Gasteiger partial charge in [-0.1, -0.05) is 0 Å². The Morgan fingerprint density at radius 2 is 2.47 bits per heavy atom. The quantitative estimate of drug-likeness (QED) is 0.795. The molecule has 0 saturated carbocycles. The first-order valence-electron chi connectivity index (χ1n) is 5.51. The van der Waals surface area contributed by atoms with Gasteiger partial charge in [0.05, 0.1) is 11.7 Å². The zero-order valence-corrected chi connectivity index (χ0v) is 9.13. The lowest BCUT2D eigenvalue weighted by Crippen LogP contribution is -2.26. The molecule has 2 N–H and O–H groups in total. The summed E-state index contributed by atoms with van der Waals surface area (Å²) in [5, 5.41) is 0. The van der Waals surface area contributed by atoms with Crippen LogP contribution in [-0.2, 0) is 0 Å². The second kappa shape index (κ2) is 4.68. The van der Waals surface area contributed by atoms with E-state index in [0.717, 1.165) is 25.3 Å². The van der Waals surface area contributed by atoms with Crippen molar-refractivity contribution >= 4 is 0 Å². The molecule has 0 spiro atoms. The number of hydrogen-bond donors (Lipinski definition) is 1. The van der Waals surface area contributed by atoms with Gasteiger partial charge in [-0.2, -0.15) is 0 Å². The zero-order valence-electron chi connectivity index (χ0n) is 9.13. The summed E-state index contributed by atoms with van der Waals surface area (Å²) in [6.07, 6.45) is 6.52. The van der Waals surface area contributed by atoms with Crippen LogP contribution in [0.15, 0.2) is 18.6 Å². The molecular formula is C11H18N4. The number of likely N-dealkylation sites (tertiary alicyclic amines) is 1. The topological polar surface area (TPSA) is 55.0 Å². The maximum absolute atomic E-state index is 5.68. The highest BCUT2D eigenvalue weighted by Crippen LogP contribution is 2.25. The Morgan fingerprint density at radius 3 is 3.07 bits per heavy atom. The van der Waals surface area contributed by atoms with E-state index in [0.29, 0.717) is 12.0 Å². The Morgan fingerprint density at radius 1 is 1.60 bits per heavy atom. The van der Waals surface area contributed by atoms with Crippen molar-refractivity contribution in [2.24, 2.45) is 11.7 Å². The van der Waals surface area contributed by atoms with E-state index < -0.39 is 0 Å². The van der Waals surface area contributed by atoms with Gasteiger partial charge < -0.3 is 5.73 Å². The Labute approximate surface area is 90.5 Å². The molecule has 0 bridgehead atoms. The Balaban J connectivity index is 2.00. The van der Waals surface area contributed by atoms with Gasteiger partial charge in [0.15, 0.2) is 0 Å². The Hall–Kier alpha value is -1.00. The smallest absolute Gasteiger partial charge is 0.0755 e. The van der Waals surface area contributed by atoms with E-state index in [1.54, 1.807) is 12.4 Å². The van der Waals surface area contributed by atoms with Gasteiger partial charge in [-0.25, -0.2) is 0 Å². The minimum atomic E-state index is 0.357. The standard InChI is InChI=1S/C11H18N4/c1-9(11-7-13-3-4-14-11)15-5-2-10(6-12)8-15/h3-4,7,9-10H,2,5-6,8,12H2,1H3/t9-,10-/m0/s1. The first-order chi connectivity index (χ1) is 7.31. The molecule has 82 valence electrons. The van der Waals surface area contributed by atoms with Gasteiger partial charge in [-0.3, -0.25) is 14.9 Å². The molecule has 0 unspecified atom stereocenters. The van der Waals surface area contributed by atoms with E-state index in [1.165, 1.54) is 6.42 Å². The summed E-state index contributed by atoms with van der Waals surface area (Å²) in [6, 6.07) is 0.357. The Kier molecular flexibility index (Phi) is 3.28. The van der Waals surface area contributed by atoms with E-state index in [1.807, 2.05) is 6.20 Å². The third-order valence-corrected chi connectivity index (χ3v) is 3.21. The van der Waals surface area contributed by atoms with Gasteiger partial charge in [0.2, 0.25) is 0 Å². The first kappa shape index (κ1) is 10.5. The highest BCUT2D eigenvalue weighted by molar-refractivity contribution is 5.02. The van der Waals surface area contributed by atoms with Crippen molar-refractivity contribution in [3.05, 3.63) is 24.3 Å². The van der Waals surface area contributed by atoms with Gasteiger partial charge in [0.25, 0.3) is 0 Å². The van der Waals surface area contributed by atoms with Crippen LogP contribution in [0, 0.1) is 5.92 Å². The van der Waals surface area contributed by atoms with Crippen LogP contribution in [0.5, 0.6) is 0 Å². The van der Waals surface area contributed by atoms with Crippen LogP contribution in [0.1, 0.15) is 25.1 Å². The average Bonchev–Trinajstić information content (AvgIpc) is 2.78. The highest BCUT2D eigenvalue weighted by atomic mass is 15.2. The van der Waals surface area contributed by atoms with Crippen LogP contribution < -0.4 is 5.73 Å². The maximum atomic E-state index is 5.68. The fourth-order valence-corrected chi connectivity index (χ4v) is 2.12. The normalized spacial score (nSPS) is 24.3. The largest absolute Gasteiger partial charge is 0.330 e. The van der Waals surface area contributed by atoms with Crippen molar-refractivity contribution in [2.45, 2.75) is 19.4 Å². The number of rotatable bonds is 3. The molecule has 1 aliphatic heterocycles. The zero-order chi connectivity index (χ0) is 10.7. The molecular weight excluding hydrogens is 188 g/mol. The summed E-state index contributed by atoms with van der Waals surface area (Å²) >= 11 is 0. The molecule has 1 fully saturated rings. The summed E-state index contributed by atoms with van der Waals surface area (Å²) in [4.78, 5) is 10.9. The third kappa shape index (κ3) is 2.33. The molecule has 4 heteroatoms. The van der Waals surface area contributed by atoms with Crippen molar-refractivity contribution in [3.8, 4) is 0 Å². The van der Waals surface area contributed by atoms with Crippen LogP contribution in [0.3, 0.4) is 0 Å². The number of hydrogen-bond acceptors (Lipinski definition) is 4. The minimum Gasteiger partial charge on any atom is -0.330 e. The lowest BCUT2D eigenvalue weighted by molar-refractivity contribution is 0.248. The van der Waals surface area contributed by atoms with Crippen LogP contribution >= 0.6 is 0 Å². The molecule has 2 atom stereocenters. The first-order valence-corrected chi connectivity index (χ1v) is 5.51. The van der Waals surface area contributed by atoms with Gasteiger partial charge in [-0.05, 0) is 32.4 Å². The summed E-state index contributed by atoms with van der Waals surface area (Å²) in [5.74, 6) is 0.657. The lowest BCUT2D eigenvalue weighted by atomic mass is 10.1. The number of nitrogens with zero attached hydrogens (tertiary/aromatic N) is 3. The van der Waals surface area contributed by atoms with E-state index in [9.17, 15) is 0 Å². The van der Waals surface area contributed by atoms with Gasteiger partial charge in [-0.15, -0.1) is 0 Å². The second-order valence-corrected chi connectivity index (χ2v) is 4.19. The predicted molar refractivity (Wildman–Crippen MR) is 59.2 cm³/mol. The van der Waals surface area contributed by atoms with Crippen molar-refractivity contribution in [1.29, 1.82) is 0 Å². The summed E-state index contributed by atoms with van der Waals surface area (Å²) in [6.45, 7) is 5.19. The van der Waals surface area contributed by atoms with E-state index in [-0.39, 0.29) is 0 Å². The molecule has 0 aliphatic carbocycles. The van der Waals surface area contributed by atoms with Gasteiger partial charge >= 0.3 is 0 Å². The molecule has 1 aromatic heterocycles. The predicted octanol–water partition coefficient (Wildman–Crippen LogP) is 0.818. The second-order valence-electron chi connectivity index (χ2n) is 4.19. The van der Waals surface area contributed by atoms with Crippen molar-refractivity contribution in [3.63, 3.8) is 0 Å². The molecule has 0 radical (unpaired) electrons. The molecule has 2 heterocycles. The fourth-order valence-electron chi connectivity index (χ4n) is 2.12. The van der Waals surface area contributed by atoms with E-state index >= 15 is 0 Å². The van der Waals surface area contributed by atoms with E-state index in [2.05, 4.69) is 21.8 Å². The van der Waals surface area contributed by atoms with Crippen molar-refractivity contribution in [2.75, 3.05) is 19.6 Å². The molecule has 2 rings (SSSR count). The van der Waals surface area contributed by atoms with Gasteiger partial charge in [0.1, 0.15) is 0 Å². The SMILES string of the molecule is C[C@@H](c1cnccn1)N1CC[C@@H](CN)C1. The fraction of sp³-hybridized carbons (Fsp3) is 0.636. The van der Waals surface area contributed by atoms with Crippen LogP contribution in [0.2, 0.25) is 0 Å². The summed E-state index contributed by atoms with van der Waals surface area (Å²) in [5.41, 5.74) is 6.73. The molecule has 0 aromatic carbocycles. The Bertz CT molecular complexity index is 301. The summed E-state index contributed by atoms with van der Waals surface area (Å²) < 4.78 is 0. The molecule has 4 nitrogen and oxygen atoms in total. The van der Waals surface area contributed by atoms with Crippen LogP contribution in [-0.4, -0.2) is 34.5 Å². The third-order valence-electron chi connectivity index (χ3n) is 3.21. The molecule has 1 saturated heterocycles.